The van der Waals surface area contributed by atoms with Crippen molar-refractivity contribution in [1.29, 1.82) is 0 Å². The van der Waals surface area contributed by atoms with Crippen molar-refractivity contribution in [3.05, 3.63) is 58.6 Å². The molecule has 0 unspecified atom stereocenters. The summed E-state index contributed by atoms with van der Waals surface area (Å²) in [5.41, 5.74) is 0.948. The van der Waals surface area contributed by atoms with E-state index in [-0.39, 0.29) is 22.5 Å². The molecule has 0 aromatic heterocycles. The average Bonchev–Trinajstić information content (AvgIpc) is 3.25. The van der Waals surface area contributed by atoms with E-state index in [9.17, 15) is 14.4 Å². The lowest BCUT2D eigenvalue weighted by Crippen LogP contribution is -2.33. The van der Waals surface area contributed by atoms with Crippen LogP contribution in [0, 0.1) is 0 Å². The standard InChI is InChI=1S/C22H23ClN2O4S/c1-30-15-10-11-18(23)17(12-15)22(28)29-13-20(26)25-19-9-5-4-8-16(19)21(27)24-14-6-2-3-7-14/h4-5,8-12,14H,2-3,6-7,13H2,1H3,(H,24,27)(H,25,26). The van der Waals surface area contributed by atoms with Crippen LogP contribution in [0.2, 0.25) is 5.02 Å². The highest BCUT2D eigenvalue weighted by atomic mass is 35.5. The summed E-state index contributed by atoms with van der Waals surface area (Å²) in [6.45, 7) is -0.489. The molecule has 1 fully saturated rings. The first-order valence-corrected chi connectivity index (χ1v) is 11.3. The van der Waals surface area contributed by atoms with E-state index < -0.39 is 18.5 Å². The van der Waals surface area contributed by atoms with Crippen LogP contribution in [-0.4, -0.2) is 36.7 Å². The first-order valence-electron chi connectivity index (χ1n) is 9.68. The van der Waals surface area contributed by atoms with Crippen molar-refractivity contribution in [2.24, 2.45) is 0 Å². The molecule has 1 aliphatic rings. The summed E-state index contributed by atoms with van der Waals surface area (Å²) >= 11 is 7.53. The molecule has 0 atom stereocenters. The second kappa shape index (κ2) is 10.5. The van der Waals surface area contributed by atoms with Crippen LogP contribution in [0.1, 0.15) is 46.4 Å². The van der Waals surface area contributed by atoms with E-state index in [0.717, 1.165) is 30.6 Å². The second-order valence-corrected chi connectivity index (χ2v) is 8.26. The van der Waals surface area contributed by atoms with Gasteiger partial charge in [0.15, 0.2) is 6.61 Å². The minimum Gasteiger partial charge on any atom is -0.452 e. The van der Waals surface area contributed by atoms with Gasteiger partial charge in [-0.3, -0.25) is 9.59 Å². The number of para-hydroxylation sites is 1. The van der Waals surface area contributed by atoms with Crippen molar-refractivity contribution in [1.82, 2.24) is 5.32 Å². The Kier molecular flexibility index (Phi) is 7.76. The van der Waals surface area contributed by atoms with Gasteiger partial charge in [-0.05, 0) is 49.4 Å². The maximum Gasteiger partial charge on any atom is 0.340 e. The van der Waals surface area contributed by atoms with Gasteiger partial charge in [0.25, 0.3) is 11.8 Å². The lowest BCUT2D eigenvalue weighted by molar-refractivity contribution is -0.119. The predicted octanol–water partition coefficient (Wildman–Crippen LogP) is 4.53. The number of carbonyl (C=O) groups is 3. The zero-order valence-corrected chi connectivity index (χ0v) is 18.1. The second-order valence-electron chi connectivity index (χ2n) is 6.97. The third kappa shape index (κ3) is 5.77. The molecular weight excluding hydrogens is 424 g/mol. The summed E-state index contributed by atoms with van der Waals surface area (Å²) < 4.78 is 5.11. The van der Waals surface area contributed by atoms with Gasteiger partial charge in [-0.1, -0.05) is 36.6 Å². The zero-order chi connectivity index (χ0) is 21.5. The van der Waals surface area contributed by atoms with Gasteiger partial charge in [0, 0.05) is 10.9 Å². The molecule has 2 aromatic rings. The van der Waals surface area contributed by atoms with Gasteiger partial charge in [-0.2, -0.15) is 0 Å². The molecule has 0 radical (unpaired) electrons. The number of hydrogen-bond donors (Lipinski definition) is 2. The fourth-order valence-electron chi connectivity index (χ4n) is 3.31. The number of benzene rings is 2. The third-order valence-corrected chi connectivity index (χ3v) is 5.92. The Balaban J connectivity index is 1.60. The maximum absolute atomic E-state index is 12.6. The number of rotatable bonds is 7. The smallest absolute Gasteiger partial charge is 0.340 e. The number of ether oxygens (including phenoxy) is 1. The van der Waals surface area contributed by atoms with Crippen LogP contribution < -0.4 is 10.6 Å². The first-order chi connectivity index (χ1) is 14.5. The third-order valence-electron chi connectivity index (χ3n) is 4.86. The molecule has 0 spiro atoms. The number of thioether (sulfide) groups is 1. The number of carbonyl (C=O) groups excluding carboxylic acids is 3. The SMILES string of the molecule is CSc1ccc(Cl)c(C(=O)OCC(=O)Nc2ccccc2C(=O)NC2CCCC2)c1. The van der Waals surface area contributed by atoms with Crippen LogP contribution in [0.5, 0.6) is 0 Å². The van der Waals surface area contributed by atoms with E-state index >= 15 is 0 Å². The minimum absolute atomic E-state index is 0.170. The molecule has 30 heavy (non-hydrogen) atoms. The molecule has 1 saturated carbocycles. The molecule has 2 aromatic carbocycles. The summed E-state index contributed by atoms with van der Waals surface area (Å²) in [5.74, 6) is -1.45. The summed E-state index contributed by atoms with van der Waals surface area (Å²) in [6.07, 6.45) is 6.04. The van der Waals surface area contributed by atoms with E-state index in [2.05, 4.69) is 10.6 Å². The van der Waals surface area contributed by atoms with Crippen LogP contribution in [0.15, 0.2) is 47.4 Å². The van der Waals surface area contributed by atoms with Crippen LogP contribution in [0.3, 0.4) is 0 Å². The van der Waals surface area contributed by atoms with Crippen molar-refractivity contribution in [3.8, 4) is 0 Å². The Morgan fingerprint density at radius 2 is 1.83 bits per heavy atom. The molecule has 8 heteroatoms. The van der Waals surface area contributed by atoms with Gasteiger partial charge < -0.3 is 15.4 Å². The molecule has 2 amide bonds. The lowest BCUT2D eigenvalue weighted by atomic mass is 10.1. The van der Waals surface area contributed by atoms with E-state index in [1.54, 1.807) is 42.5 Å². The largest absolute Gasteiger partial charge is 0.452 e. The zero-order valence-electron chi connectivity index (χ0n) is 16.6. The molecule has 0 saturated heterocycles. The fourth-order valence-corrected chi connectivity index (χ4v) is 3.94. The van der Waals surface area contributed by atoms with Gasteiger partial charge in [0.1, 0.15) is 0 Å². The molecule has 3 rings (SSSR count). The number of amides is 2. The van der Waals surface area contributed by atoms with E-state index in [1.807, 2.05) is 6.26 Å². The summed E-state index contributed by atoms with van der Waals surface area (Å²) in [5, 5.41) is 5.91. The maximum atomic E-state index is 12.6. The van der Waals surface area contributed by atoms with Crippen molar-refractivity contribution in [2.45, 2.75) is 36.6 Å². The van der Waals surface area contributed by atoms with Gasteiger partial charge in [0.05, 0.1) is 21.8 Å². The van der Waals surface area contributed by atoms with E-state index in [0.29, 0.717) is 11.3 Å². The molecule has 2 N–H and O–H groups in total. The molecule has 158 valence electrons. The molecular formula is C22H23ClN2O4S. The van der Waals surface area contributed by atoms with Gasteiger partial charge in [-0.25, -0.2) is 4.79 Å². The first kappa shape index (κ1) is 22.2. The Morgan fingerprint density at radius 1 is 1.10 bits per heavy atom. The van der Waals surface area contributed by atoms with Crippen molar-refractivity contribution in [2.75, 3.05) is 18.2 Å². The van der Waals surface area contributed by atoms with Crippen LogP contribution in [-0.2, 0) is 9.53 Å². The molecule has 0 aliphatic heterocycles. The highest BCUT2D eigenvalue weighted by Crippen LogP contribution is 2.24. The molecule has 0 bridgehead atoms. The van der Waals surface area contributed by atoms with Crippen molar-refractivity contribution >= 4 is 46.8 Å². The van der Waals surface area contributed by atoms with Crippen LogP contribution >= 0.6 is 23.4 Å². The Labute approximate surface area is 184 Å². The van der Waals surface area contributed by atoms with Crippen molar-refractivity contribution < 1.29 is 19.1 Å². The van der Waals surface area contributed by atoms with Crippen LogP contribution in [0.4, 0.5) is 5.69 Å². The number of halogens is 1. The van der Waals surface area contributed by atoms with Crippen molar-refractivity contribution in [3.63, 3.8) is 0 Å². The average molecular weight is 447 g/mol. The Bertz CT molecular complexity index is 944. The Hall–Kier alpha value is -2.51. The highest BCUT2D eigenvalue weighted by Gasteiger charge is 2.20. The highest BCUT2D eigenvalue weighted by molar-refractivity contribution is 7.98. The minimum atomic E-state index is -0.682. The molecule has 6 nitrogen and oxygen atoms in total. The van der Waals surface area contributed by atoms with Gasteiger partial charge in [-0.15, -0.1) is 11.8 Å². The lowest BCUT2D eigenvalue weighted by Gasteiger charge is -2.15. The van der Waals surface area contributed by atoms with E-state index in [4.69, 9.17) is 16.3 Å². The number of hydrogen-bond acceptors (Lipinski definition) is 5. The number of nitrogens with one attached hydrogen (secondary N) is 2. The topological polar surface area (TPSA) is 84.5 Å². The Morgan fingerprint density at radius 3 is 2.57 bits per heavy atom. The monoisotopic (exact) mass is 446 g/mol. The predicted molar refractivity (Wildman–Crippen MR) is 118 cm³/mol. The summed E-state index contributed by atoms with van der Waals surface area (Å²) in [7, 11) is 0. The fraction of sp³-hybridized carbons (Fsp3) is 0.318. The normalized spacial score (nSPS) is 13.7. The van der Waals surface area contributed by atoms with E-state index in [1.165, 1.54) is 11.8 Å². The molecule has 1 aliphatic carbocycles. The summed E-state index contributed by atoms with van der Waals surface area (Å²) in [6, 6.07) is 12.0. The van der Waals surface area contributed by atoms with Gasteiger partial charge >= 0.3 is 5.97 Å². The number of anilines is 1. The van der Waals surface area contributed by atoms with Gasteiger partial charge in [0.2, 0.25) is 0 Å². The van der Waals surface area contributed by atoms with Crippen LogP contribution in [0.25, 0.3) is 0 Å². The quantitative estimate of drug-likeness (QED) is 0.482. The number of esters is 1. The summed E-state index contributed by atoms with van der Waals surface area (Å²) in [4.78, 5) is 38.1. The molecule has 0 heterocycles.